The van der Waals surface area contributed by atoms with Gasteiger partial charge < -0.3 is 10.1 Å². The Morgan fingerprint density at radius 3 is 3.17 bits per heavy atom. The Hall–Kier alpha value is -0.770. The molecule has 0 saturated carbocycles. The van der Waals surface area contributed by atoms with E-state index in [1.165, 1.54) is 11.1 Å². The topological polar surface area (TPSA) is 24.5 Å². The number of rotatable bonds is 2. The fourth-order valence-corrected chi connectivity index (χ4v) is 2.75. The van der Waals surface area contributed by atoms with Crippen molar-refractivity contribution in [3.05, 3.63) is 29.3 Å². The summed E-state index contributed by atoms with van der Waals surface area (Å²) >= 11 is 0. The number of halogens is 1. The van der Waals surface area contributed by atoms with E-state index in [2.05, 4.69) is 35.3 Å². The van der Waals surface area contributed by atoms with Crippen molar-refractivity contribution in [3.8, 4) is 5.75 Å². The SMILES string of the molecule is CC1CN(Cc2ccc3c(c2)CCO3)CCN1.Cl. The van der Waals surface area contributed by atoms with Crippen LogP contribution in [0.5, 0.6) is 5.75 Å². The summed E-state index contributed by atoms with van der Waals surface area (Å²) in [5, 5.41) is 3.48. The molecule has 0 aliphatic carbocycles. The monoisotopic (exact) mass is 268 g/mol. The molecule has 0 spiro atoms. The molecule has 1 unspecified atom stereocenters. The van der Waals surface area contributed by atoms with Gasteiger partial charge in [-0.2, -0.15) is 0 Å². The average molecular weight is 269 g/mol. The minimum Gasteiger partial charge on any atom is -0.493 e. The van der Waals surface area contributed by atoms with E-state index >= 15 is 0 Å². The molecule has 1 atom stereocenters. The van der Waals surface area contributed by atoms with Crippen LogP contribution >= 0.6 is 12.4 Å². The summed E-state index contributed by atoms with van der Waals surface area (Å²) in [7, 11) is 0. The van der Waals surface area contributed by atoms with Gasteiger partial charge in [0.25, 0.3) is 0 Å². The van der Waals surface area contributed by atoms with E-state index in [1.54, 1.807) is 0 Å². The maximum atomic E-state index is 5.54. The highest BCUT2D eigenvalue weighted by Crippen LogP contribution is 2.26. The van der Waals surface area contributed by atoms with Crippen LogP contribution in [0.3, 0.4) is 0 Å². The summed E-state index contributed by atoms with van der Waals surface area (Å²) in [5.41, 5.74) is 2.80. The van der Waals surface area contributed by atoms with Crippen molar-refractivity contribution in [2.45, 2.75) is 25.9 Å². The van der Waals surface area contributed by atoms with E-state index in [9.17, 15) is 0 Å². The largest absolute Gasteiger partial charge is 0.493 e. The van der Waals surface area contributed by atoms with Gasteiger partial charge in [-0.3, -0.25) is 4.90 Å². The van der Waals surface area contributed by atoms with Crippen molar-refractivity contribution in [2.75, 3.05) is 26.2 Å². The van der Waals surface area contributed by atoms with Gasteiger partial charge in [-0.25, -0.2) is 0 Å². The molecule has 1 N–H and O–H groups in total. The van der Waals surface area contributed by atoms with Gasteiger partial charge in [-0.1, -0.05) is 12.1 Å². The Bertz CT molecular complexity index is 411. The van der Waals surface area contributed by atoms with Crippen LogP contribution in [-0.4, -0.2) is 37.2 Å². The molecule has 1 fully saturated rings. The molecule has 0 radical (unpaired) electrons. The Morgan fingerprint density at radius 1 is 1.44 bits per heavy atom. The van der Waals surface area contributed by atoms with Crippen LogP contribution < -0.4 is 10.1 Å². The molecule has 2 heterocycles. The predicted molar refractivity (Wildman–Crippen MR) is 75.6 cm³/mol. The maximum absolute atomic E-state index is 5.54. The van der Waals surface area contributed by atoms with Crippen molar-refractivity contribution in [1.82, 2.24) is 10.2 Å². The third-order valence-corrected chi connectivity index (χ3v) is 3.61. The third-order valence-electron chi connectivity index (χ3n) is 3.61. The van der Waals surface area contributed by atoms with Crippen LogP contribution in [0.15, 0.2) is 18.2 Å². The molecule has 3 nitrogen and oxygen atoms in total. The molecular weight excluding hydrogens is 248 g/mol. The quantitative estimate of drug-likeness (QED) is 0.886. The van der Waals surface area contributed by atoms with E-state index in [-0.39, 0.29) is 12.4 Å². The summed E-state index contributed by atoms with van der Waals surface area (Å²) in [4.78, 5) is 2.53. The van der Waals surface area contributed by atoms with E-state index < -0.39 is 0 Å². The van der Waals surface area contributed by atoms with Gasteiger partial charge >= 0.3 is 0 Å². The lowest BCUT2D eigenvalue weighted by atomic mass is 10.1. The minimum absolute atomic E-state index is 0. The van der Waals surface area contributed by atoms with Crippen molar-refractivity contribution in [3.63, 3.8) is 0 Å². The van der Waals surface area contributed by atoms with E-state index in [4.69, 9.17) is 4.74 Å². The summed E-state index contributed by atoms with van der Waals surface area (Å²) in [6.45, 7) is 7.58. The number of hydrogen-bond donors (Lipinski definition) is 1. The molecule has 1 saturated heterocycles. The lowest BCUT2D eigenvalue weighted by Crippen LogP contribution is -2.48. The fourth-order valence-electron chi connectivity index (χ4n) is 2.75. The Kier molecular flexibility index (Phi) is 4.49. The molecule has 100 valence electrons. The average Bonchev–Trinajstić information content (AvgIpc) is 2.76. The van der Waals surface area contributed by atoms with Gasteiger partial charge in [0.05, 0.1) is 6.61 Å². The molecular formula is C14H21ClN2O. The molecule has 1 aromatic carbocycles. The van der Waals surface area contributed by atoms with Gasteiger partial charge in [0.1, 0.15) is 5.75 Å². The first kappa shape index (κ1) is 13.7. The smallest absolute Gasteiger partial charge is 0.122 e. The van der Waals surface area contributed by atoms with Crippen LogP contribution in [0.1, 0.15) is 18.1 Å². The van der Waals surface area contributed by atoms with Crippen molar-refractivity contribution < 1.29 is 4.74 Å². The first-order chi connectivity index (χ1) is 8.31. The summed E-state index contributed by atoms with van der Waals surface area (Å²) in [6, 6.07) is 7.26. The normalized spacial score (nSPS) is 23.1. The predicted octanol–water partition coefficient (Wildman–Crippen LogP) is 1.84. The van der Waals surface area contributed by atoms with Gasteiger partial charge in [0.15, 0.2) is 0 Å². The zero-order chi connectivity index (χ0) is 11.7. The zero-order valence-electron chi connectivity index (χ0n) is 10.8. The maximum Gasteiger partial charge on any atom is 0.122 e. The number of hydrogen-bond acceptors (Lipinski definition) is 3. The second-order valence-electron chi connectivity index (χ2n) is 5.13. The molecule has 18 heavy (non-hydrogen) atoms. The van der Waals surface area contributed by atoms with Crippen molar-refractivity contribution in [2.24, 2.45) is 0 Å². The molecule has 1 aromatic rings. The fraction of sp³-hybridized carbons (Fsp3) is 0.571. The van der Waals surface area contributed by atoms with Crippen molar-refractivity contribution in [1.29, 1.82) is 0 Å². The molecule has 0 aromatic heterocycles. The first-order valence-corrected chi connectivity index (χ1v) is 6.51. The van der Waals surface area contributed by atoms with Crippen LogP contribution in [0.25, 0.3) is 0 Å². The highest BCUT2D eigenvalue weighted by molar-refractivity contribution is 5.85. The number of fused-ring (bicyclic) bond motifs is 1. The first-order valence-electron chi connectivity index (χ1n) is 6.51. The highest BCUT2D eigenvalue weighted by atomic mass is 35.5. The Labute approximate surface area is 115 Å². The van der Waals surface area contributed by atoms with Gasteiger partial charge in [0, 0.05) is 38.6 Å². The molecule has 4 heteroatoms. The number of nitrogens with one attached hydrogen (secondary N) is 1. The summed E-state index contributed by atoms with van der Waals surface area (Å²) < 4.78 is 5.54. The van der Waals surface area contributed by atoms with E-state index in [0.717, 1.165) is 45.0 Å². The summed E-state index contributed by atoms with van der Waals surface area (Å²) in [6.07, 6.45) is 1.07. The van der Waals surface area contributed by atoms with Crippen LogP contribution in [0.4, 0.5) is 0 Å². The van der Waals surface area contributed by atoms with Crippen molar-refractivity contribution >= 4 is 12.4 Å². The van der Waals surface area contributed by atoms with E-state index in [0.29, 0.717) is 6.04 Å². The third kappa shape index (κ3) is 2.97. The lowest BCUT2D eigenvalue weighted by Gasteiger charge is -2.31. The number of nitrogens with zero attached hydrogens (tertiary/aromatic N) is 1. The van der Waals surface area contributed by atoms with Gasteiger partial charge in [-0.15, -0.1) is 12.4 Å². The molecule has 3 rings (SSSR count). The lowest BCUT2D eigenvalue weighted by molar-refractivity contribution is 0.199. The molecule has 0 bridgehead atoms. The molecule has 0 amide bonds. The van der Waals surface area contributed by atoms with E-state index in [1.807, 2.05) is 0 Å². The van der Waals surface area contributed by atoms with Crippen LogP contribution in [-0.2, 0) is 13.0 Å². The summed E-state index contributed by atoms with van der Waals surface area (Å²) in [5.74, 6) is 1.09. The Morgan fingerprint density at radius 2 is 2.33 bits per heavy atom. The second kappa shape index (κ2) is 5.91. The molecule has 2 aliphatic heterocycles. The zero-order valence-corrected chi connectivity index (χ0v) is 11.6. The van der Waals surface area contributed by atoms with Crippen LogP contribution in [0, 0.1) is 0 Å². The molecule has 2 aliphatic rings. The standard InChI is InChI=1S/C14H20N2O.ClH/c1-11-9-16(6-5-15-11)10-12-2-3-14-13(8-12)4-7-17-14;/h2-3,8,11,15H,4-7,9-10H2,1H3;1H. The van der Waals surface area contributed by atoms with Gasteiger partial charge in [0.2, 0.25) is 0 Å². The number of ether oxygens (including phenoxy) is 1. The number of piperazine rings is 1. The Balaban J connectivity index is 0.00000120. The van der Waals surface area contributed by atoms with Crippen LogP contribution in [0.2, 0.25) is 0 Å². The highest BCUT2D eigenvalue weighted by Gasteiger charge is 2.17. The second-order valence-corrected chi connectivity index (χ2v) is 5.13. The van der Waals surface area contributed by atoms with Gasteiger partial charge in [-0.05, 0) is 24.1 Å². The number of benzene rings is 1. The minimum atomic E-state index is 0.